The van der Waals surface area contributed by atoms with Gasteiger partial charge < -0.3 is 10.7 Å². The van der Waals surface area contributed by atoms with E-state index in [0.29, 0.717) is 17.8 Å². The second kappa shape index (κ2) is 6.02. The van der Waals surface area contributed by atoms with Crippen LogP contribution in [0.15, 0.2) is 48.5 Å². The largest absolute Gasteiger partial charge is 0.348 e. The van der Waals surface area contributed by atoms with E-state index in [2.05, 4.69) is 10.7 Å². The number of hydrazine groups is 1. The van der Waals surface area contributed by atoms with Gasteiger partial charge in [0.1, 0.15) is 0 Å². The van der Waals surface area contributed by atoms with Crippen LogP contribution < -0.4 is 16.6 Å². The number of nitrogens with one attached hydrogen (secondary N) is 2. The van der Waals surface area contributed by atoms with Crippen LogP contribution in [0.25, 0.3) is 0 Å². The van der Waals surface area contributed by atoms with Gasteiger partial charge in [-0.15, -0.1) is 0 Å². The van der Waals surface area contributed by atoms with E-state index in [-0.39, 0.29) is 5.91 Å². The molecule has 0 atom stereocenters. The standard InChI is InChI=1S/C15H17N3O/c1-11-6-8-12(9-7-11)10-17-15(19)13-4-2-3-5-14(13)18-16/h2-9,18H,10,16H2,1H3,(H,17,19). The highest BCUT2D eigenvalue weighted by molar-refractivity contribution is 5.99. The molecule has 4 N–H and O–H groups in total. The quantitative estimate of drug-likeness (QED) is 0.579. The van der Waals surface area contributed by atoms with Crippen LogP contribution in [0.4, 0.5) is 5.69 Å². The summed E-state index contributed by atoms with van der Waals surface area (Å²) in [4.78, 5) is 12.1. The minimum Gasteiger partial charge on any atom is -0.348 e. The Morgan fingerprint density at radius 2 is 1.79 bits per heavy atom. The van der Waals surface area contributed by atoms with Crippen molar-refractivity contribution in [3.63, 3.8) is 0 Å². The van der Waals surface area contributed by atoms with Gasteiger partial charge in [0.25, 0.3) is 5.91 Å². The highest BCUT2D eigenvalue weighted by atomic mass is 16.1. The molecule has 0 spiro atoms. The summed E-state index contributed by atoms with van der Waals surface area (Å²) in [5.74, 6) is 5.24. The van der Waals surface area contributed by atoms with E-state index >= 15 is 0 Å². The van der Waals surface area contributed by atoms with Crippen molar-refractivity contribution in [2.24, 2.45) is 5.84 Å². The van der Waals surface area contributed by atoms with Crippen molar-refractivity contribution in [2.45, 2.75) is 13.5 Å². The molecule has 2 aromatic rings. The summed E-state index contributed by atoms with van der Waals surface area (Å²) < 4.78 is 0. The van der Waals surface area contributed by atoms with E-state index < -0.39 is 0 Å². The predicted molar refractivity (Wildman–Crippen MR) is 76.6 cm³/mol. The van der Waals surface area contributed by atoms with Gasteiger partial charge in [-0.3, -0.25) is 10.6 Å². The lowest BCUT2D eigenvalue weighted by atomic mass is 10.1. The van der Waals surface area contributed by atoms with E-state index in [1.807, 2.05) is 43.3 Å². The van der Waals surface area contributed by atoms with Crippen molar-refractivity contribution in [3.8, 4) is 0 Å². The molecule has 0 bridgehead atoms. The third-order valence-electron chi connectivity index (χ3n) is 2.90. The molecular weight excluding hydrogens is 238 g/mol. The van der Waals surface area contributed by atoms with Gasteiger partial charge in [0.05, 0.1) is 11.3 Å². The average molecular weight is 255 g/mol. The number of para-hydroxylation sites is 1. The second-order valence-corrected chi connectivity index (χ2v) is 4.36. The van der Waals surface area contributed by atoms with E-state index in [9.17, 15) is 4.79 Å². The van der Waals surface area contributed by atoms with Crippen molar-refractivity contribution in [3.05, 3.63) is 65.2 Å². The summed E-state index contributed by atoms with van der Waals surface area (Å²) in [6.07, 6.45) is 0. The third-order valence-corrected chi connectivity index (χ3v) is 2.90. The minimum absolute atomic E-state index is 0.144. The lowest BCUT2D eigenvalue weighted by Crippen LogP contribution is -2.24. The van der Waals surface area contributed by atoms with Crippen LogP contribution in [0.5, 0.6) is 0 Å². The monoisotopic (exact) mass is 255 g/mol. The lowest BCUT2D eigenvalue weighted by molar-refractivity contribution is 0.0951. The molecule has 4 heteroatoms. The predicted octanol–water partition coefficient (Wildman–Crippen LogP) is 2.21. The van der Waals surface area contributed by atoms with E-state index in [1.54, 1.807) is 12.1 Å². The number of carbonyl (C=O) groups is 1. The van der Waals surface area contributed by atoms with Crippen LogP contribution in [-0.4, -0.2) is 5.91 Å². The van der Waals surface area contributed by atoms with Gasteiger partial charge in [-0.05, 0) is 24.6 Å². The molecule has 19 heavy (non-hydrogen) atoms. The number of aryl methyl sites for hydroxylation is 1. The number of hydrogen-bond acceptors (Lipinski definition) is 3. The average Bonchev–Trinajstić information content (AvgIpc) is 2.46. The van der Waals surface area contributed by atoms with Gasteiger partial charge in [-0.25, -0.2) is 0 Å². The Bertz CT molecular complexity index is 564. The SMILES string of the molecule is Cc1ccc(CNC(=O)c2ccccc2NN)cc1. The molecule has 0 aliphatic rings. The second-order valence-electron chi connectivity index (χ2n) is 4.36. The summed E-state index contributed by atoms with van der Waals surface area (Å²) in [5, 5.41) is 2.87. The maximum atomic E-state index is 12.1. The molecule has 4 nitrogen and oxygen atoms in total. The smallest absolute Gasteiger partial charge is 0.253 e. The highest BCUT2D eigenvalue weighted by Crippen LogP contribution is 2.13. The van der Waals surface area contributed by atoms with E-state index in [0.717, 1.165) is 5.56 Å². The zero-order chi connectivity index (χ0) is 13.7. The Kier molecular flexibility index (Phi) is 4.15. The van der Waals surface area contributed by atoms with Crippen molar-refractivity contribution >= 4 is 11.6 Å². The number of amides is 1. The van der Waals surface area contributed by atoms with Crippen LogP contribution >= 0.6 is 0 Å². The van der Waals surface area contributed by atoms with E-state index in [4.69, 9.17) is 5.84 Å². The Balaban J connectivity index is 2.03. The first-order valence-electron chi connectivity index (χ1n) is 6.10. The first-order valence-corrected chi connectivity index (χ1v) is 6.10. The van der Waals surface area contributed by atoms with Crippen LogP contribution in [0, 0.1) is 6.92 Å². The fourth-order valence-electron chi connectivity index (χ4n) is 1.79. The van der Waals surface area contributed by atoms with Crippen LogP contribution in [0.1, 0.15) is 21.5 Å². The fraction of sp³-hybridized carbons (Fsp3) is 0.133. The topological polar surface area (TPSA) is 67.2 Å². The molecule has 0 aliphatic heterocycles. The van der Waals surface area contributed by atoms with Gasteiger partial charge in [0.2, 0.25) is 0 Å². The Morgan fingerprint density at radius 3 is 2.47 bits per heavy atom. The summed E-state index contributed by atoms with van der Waals surface area (Å²) in [5.41, 5.74) is 5.94. The molecule has 98 valence electrons. The maximum absolute atomic E-state index is 12.1. The molecule has 0 fully saturated rings. The Hall–Kier alpha value is -2.33. The number of anilines is 1. The number of rotatable bonds is 4. The number of carbonyl (C=O) groups excluding carboxylic acids is 1. The number of nitrogen functional groups attached to an aromatic ring is 1. The summed E-state index contributed by atoms with van der Waals surface area (Å²) in [7, 11) is 0. The van der Waals surface area contributed by atoms with Gasteiger partial charge >= 0.3 is 0 Å². The molecule has 0 radical (unpaired) electrons. The zero-order valence-corrected chi connectivity index (χ0v) is 10.8. The fourth-order valence-corrected chi connectivity index (χ4v) is 1.79. The summed E-state index contributed by atoms with van der Waals surface area (Å²) in [6, 6.07) is 15.2. The molecule has 0 saturated carbocycles. The highest BCUT2D eigenvalue weighted by Gasteiger charge is 2.09. The van der Waals surface area contributed by atoms with Crippen LogP contribution in [0.3, 0.4) is 0 Å². The third kappa shape index (κ3) is 3.33. The minimum atomic E-state index is -0.144. The van der Waals surface area contributed by atoms with Crippen LogP contribution in [0.2, 0.25) is 0 Å². The molecule has 2 rings (SSSR count). The number of hydrogen-bond donors (Lipinski definition) is 3. The first-order chi connectivity index (χ1) is 9.20. The molecule has 0 heterocycles. The maximum Gasteiger partial charge on any atom is 0.253 e. The summed E-state index contributed by atoms with van der Waals surface area (Å²) >= 11 is 0. The normalized spacial score (nSPS) is 10.0. The zero-order valence-electron chi connectivity index (χ0n) is 10.8. The lowest BCUT2D eigenvalue weighted by Gasteiger charge is -2.09. The van der Waals surface area contributed by atoms with Crippen molar-refractivity contribution < 1.29 is 4.79 Å². The molecular formula is C15H17N3O. The van der Waals surface area contributed by atoms with Gasteiger partial charge in [-0.2, -0.15) is 0 Å². The summed E-state index contributed by atoms with van der Waals surface area (Å²) in [6.45, 7) is 2.53. The Labute approximate surface area is 112 Å². The first kappa shape index (κ1) is 13.1. The number of nitrogens with two attached hydrogens (primary N) is 1. The van der Waals surface area contributed by atoms with Gasteiger partial charge in [0, 0.05) is 6.54 Å². The van der Waals surface area contributed by atoms with E-state index in [1.165, 1.54) is 5.56 Å². The molecule has 0 unspecified atom stereocenters. The molecule has 1 amide bonds. The molecule has 2 aromatic carbocycles. The van der Waals surface area contributed by atoms with Gasteiger partial charge in [-0.1, -0.05) is 42.0 Å². The molecule has 0 aromatic heterocycles. The van der Waals surface area contributed by atoms with Crippen molar-refractivity contribution in [1.82, 2.24) is 5.32 Å². The van der Waals surface area contributed by atoms with Crippen molar-refractivity contribution in [1.29, 1.82) is 0 Å². The number of benzene rings is 2. The van der Waals surface area contributed by atoms with Crippen molar-refractivity contribution in [2.75, 3.05) is 5.43 Å². The van der Waals surface area contributed by atoms with Gasteiger partial charge in [0.15, 0.2) is 0 Å². The Morgan fingerprint density at radius 1 is 1.11 bits per heavy atom. The molecule has 0 saturated heterocycles. The van der Waals surface area contributed by atoms with Crippen LogP contribution in [-0.2, 0) is 6.54 Å². The molecule has 0 aliphatic carbocycles.